The maximum absolute atomic E-state index is 12.7. The molecule has 1 aromatic heterocycles. The van der Waals surface area contributed by atoms with E-state index in [4.69, 9.17) is 4.74 Å². The fourth-order valence-electron chi connectivity index (χ4n) is 3.26. The lowest BCUT2D eigenvalue weighted by Gasteiger charge is -2.35. The zero-order valence-corrected chi connectivity index (χ0v) is 18.2. The molecule has 7 heteroatoms. The van der Waals surface area contributed by atoms with Crippen LogP contribution in [0, 0.1) is 10.5 Å². The monoisotopic (exact) mass is 500 g/mol. The molecule has 148 valence electrons. The molecule has 1 aliphatic heterocycles. The number of aromatic nitrogens is 2. The minimum Gasteiger partial charge on any atom is -0.439 e. The van der Waals surface area contributed by atoms with Gasteiger partial charge < -0.3 is 14.5 Å². The lowest BCUT2D eigenvalue weighted by molar-refractivity contribution is 0.0746. The highest BCUT2D eigenvalue weighted by Crippen LogP contribution is 2.24. The Morgan fingerprint density at radius 1 is 0.966 bits per heavy atom. The number of nitrogens with zero attached hydrogens (tertiary/aromatic N) is 4. The van der Waals surface area contributed by atoms with E-state index in [2.05, 4.69) is 37.5 Å². The highest BCUT2D eigenvalue weighted by atomic mass is 127. The van der Waals surface area contributed by atoms with E-state index >= 15 is 0 Å². The average molecular weight is 500 g/mol. The van der Waals surface area contributed by atoms with E-state index in [-0.39, 0.29) is 5.91 Å². The lowest BCUT2D eigenvalue weighted by Crippen LogP contribution is -2.49. The Labute approximate surface area is 183 Å². The van der Waals surface area contributed by atoms with Crippen LogP contribution in [0.5, 0.6) is 11.6 Å². The average Bonchev–Trinajstić information content (AvgIpc) is 2.74. The van der Waals surface area contributed by atoms with Crippen molar-refractivity contribution >= 4 is 34.3 Å². The van der Waals surface area contributed by atoms with Gasteiger partial charge in [0.2, 0.25) is 5.88 Å². The molecular formula is C22H21IN4O2. The first-order valence-corrected chi connectivity index (χ1v) is 10.5. The minimum atomic E-state index is 0.0769. The summed E-state index contributed by atoms with van der Waals surface area (Å²) in [6.07, 6.45) is 0. The third-order valence-electron chi connectivity index (χ3n) is 4.75. The normalized spacial score (nSPS) is 14.0. The summed E-state index contributed by atoms with van der Waals surface area (Å²) in [4.78, 5) is 25.7. The summed E-state index contributed by atoms with van der Waals surface area (Å²) in [6.45, 7) is 4.61. The number of aryl methyl sites for hydroxylation is 1. The van der Waals surface area contributed by atoms with Gasteiger partial charge in [-0.05, 0) is 65.9 Å². The fourth-order valence-corrected chi connectivity index (χ4v) is 3.62. The lowest BCUT2D eigenvalue weighted by atomic mass is 10.2. The summed E-state index contributed by atoms with van der Waals surface area (Å²) >= 11 is 2.24. The molecule has 1 aliphatic rings. The van der Waals surface area contributed by atoms with Gasteiger partial charge in [-0.3, -0.25) is 4.79 Å². The van der Waals surface area contributed by atoms with Crippen LogP contribution < -0.4 is 9.64 Å². The molecule has 1 fully saturated rings. The van der Waals surface area contributed by atoms with Crippen molar-refractivity contribution in [3.63, 3.8) is 0 Å². The first kappa shape index (κ1) is 19.6. The van der Waals surface area contributed by atoms with Crippen LogP contribution in [0.25, 0.3) is 0 Å². The number of piperazine rings is 1. The van der Waals surface area contributed by atoms with Gasteiger partial charge in [-0.25, -0.2) is 4.98 Å². The number of anilines is 1. The van der Waals surface area contributed by atoms with Gasteiger partial charge in [0.05, 0.1) is 0 Å². The Hall–Kier alpha value is -2.68. The molecule has 0 spiro atoms. The molecular weight excluding hydrogens is 479 g/mol. The van der Waals surface area contributed by atoms with E-state index in [1.807, 2.05) is 72.5 Å². The Morgan fingerprint density at radius 2 is 1.66 bits per heavy atom. The molecule has 6 nitrogen and oxygen atoms in total. The molecule has 0 saturated carbocycles. The molecule has 2 aromatic carbocycles. The molecule has 0 bridgehead atoms. The quantitative estimate of drug-likeness (QED) is 0.504. The van der Waals surface area contributed by atoms with Crippen molar-refractivity contribution in [1.29, 1.82) is 0 Å². The van der Waals surface area contributed by atoms with Crippen LogP contribution in [0.1, 0.15) is 16.2 Å². The predicted molar refractivity (Wildman–Crippen MR) is 121 cm³/mol. The third kappa shape index (κ3) is 4.84. The molecule has 1 saturated heterocycles. The summed E-state index contributed by atoms with van der Waals surface area (Å²) in [7, 11) is 0. The number of carbonyl (C=O) groups is 1. The number of carbonyl (C=O) groups excluding carboxylic acids is 1. The van der Waals surface area contributed by atoms with Gasteiger partial charge in [0.1, 0.15) is 17.4 Å². The van der Waals surface area contributed by atoms with Gasteiger partial charge in [0.15, 0.2) is 0 Å². The van der Waals surface area contributed by atoms with Crippen molar-refractivity contribution in [1.82, 2.24) is 14.9 Å². The van der Waals surface area contributed by atoms with Crippen molar-refractivity contribution in [3.8, 4) is 11.6 Å². The summed E-state index contributed by atoms with van der Waals surface area (Å²) in [5, 5.41) is 0. The number of ether oxygens (including phenoxy) is 1. The molecule has 2 heterocycles. The second-order valence-corrected chi connectivity index (χ2v) is 8.06. The van der Waals surface area contributed by atoms with Crippen LogP contribution >= 0.6 is 22.6 Å². The fraction of sp³-hybridized carbons (Fsp3) is 0.227. The van der Waals surface area contributed by atoms with E-state index in [0.29, 0.717) is 24.8 Å². The molecule has 0 N–H and O–H groups in total. The summed E-state index contributed by atoms with van der Waals surface area (Å²) in [5.74, 6) is 2.82. The summed E-state index contributed by atoms with van der Waals surface area (Å²) < 4.78 is 7.00. The van der Waals surface area contributed by atoms with E-state index in [9.17, 15) is 4.79 Å². The van der Waals surface area contributed by atoms with Crippen LogP contribution in [0.2, 0.25) is 0 Å². The number of hydrogen-bond acceptors (Lipinski definition) is 5. The maximum atomic E-state index is 12.7. The first-order chi connectivity index (χ1) is 14.1. The highest BCUT2D eigenvalue weighted by Gasteiger charge is 2.23. The Morgan fingerprint density at radius 3 is 2.34 bits per heavy atom. The molecule has 0 radical (unpaired) electrons. The van der Waals surface area contributed by atoms with Crippen LogP contribution in [0.15, 0.2) is 60.7 Å². The number of halogens is 1. The Kier molecular flexibility index (Phi) is 5.94. The van der Waals surface area contributed by atoms with Gasteiger partial charge in [0.25, 0.3) is 5.91 Å². The molecule has 0 aliphatic carbocycles. The van der Waals surface area contributed by atoms with Crippen molar-refractivity contribution in [2.45, 2.75) is 6.92 Å². The largest absolute Gasteiger partial charge is 0.439 e. The number of hydrogen-bond donors (Lipinski definition) is 0. The molecule has 0 unspecified atom stereocenters. The van der Waals surface area contributed by atoms with E-state index in [1.165, 1.54) is 0 Å². The van der Waals surface area contributed by atoms with Gasteiger partial charge in [0, 0.05) is 41.4 Å². The summed E-state index contributed by atoms with van der Waals surface area (Å²) in [6, 6.07) is 19.1. The van der Waals surface area contributed by atoms with E-state index in [1.54, 1.807) is 0 Å². The molecule has 0 atom stereocenters. The standard InChI is InChI=1S/C22H21IN4O2/c1-16-24-20(15-21(25-16)29-19-5-3-2-4-6-19)26-11-13-27(14-12-26)22(28)17-7-9-18(23)10-8-17/h2-10,15H,11-14H2,1H3. The maximum Gasteiger partial charge on any atom is 0.253 e. The molecule has 3 aromatic rings. The van der Waals surface area contributed by atoms with Crippen LogP contribution in [0.4, 0.5) is 5.82 Å². The third-order valence-corrected chi connectivity index (χ3v) is 5.47. The highest BCUT2D eigenvalue weighted by molar-refractivity contribution is 14.1. The molecule has 4 rings (SSSR count). The second-order valence-electron chi connectivity index (χ2n) is 6.81. The smallest absolute Gasteiger partial charge is 0.253 e. The van der Waals surface area contributed by atoms with Gasteiger partial charge in [-0.15, -0.1) is 0 Å². The first-order valence-electron chi connectivity index (χ1n) is 9.47. The zero-order chi connectivity index (χ0) is 20.2. The molecule has 1 amide bonds. The van der Waals surface area contributed by atoms with Crippen molar-refractivity contribution in [2.24, 2.45) is 0 Å². The number of rotatable bonds is 4. The number of para-hydroxylation sites is 1. The Balaban J connectivity index is 1.43. The second kappa shape index (κ2) is 8.77. The van der Waals surface area contributed by atoms with Gasteiger partial charge >= 0.3 is 0 Å². The Bertz CT molecular complexity index is 987. The van der Waals surface area contributed by atoms with Crippen LogP contribution in [-0.4, -0.2) is 47.0 Å². The zero-order valence-electron chi connectivity index (χ0n) is 16.1. The van der Waals surface area contributed by atoms with E-state index < -0.39 is 0 Å². The topological polar surface area (TPSA) is 58.6 Å². The van der Waals surface area contributed by atoms with Crippen LogP contribution in [-0.2, 0) is 0 Å². The van der Waals surface area contributed by atoms with Crippen molar-refractivity contribution < 1.29 is 9.53 Å². The van der Waals surface area contributed by atoms with Crippen molar-refractivity contribution in [3.05, 3.63) is 75.6 Å². The number of amides is 1. The SMILES string of the molecule is Cc1nc(Oc2ccccc2)cc(N2CCN(C(=O)c3ccc(I)cc3)CC2)n1. The minimum absolute atomic E-state index is 0.0769. The van der Waals surface area contributed by atoms with Gasteiger partial charge in [-0.1, -0.05) is 18.2 Å². The van der Waals surface area contributed by atoms with Gasteiger partial charge in [-0.2, -0.15) is 4.98 Å². The van der Waals surface area contributed by atoms with Crippen LogP contribution in [0.3, 0.4) is 0 Å². The van der Waals surface area contributed by atoms with E-state index in [0.717, 1.165) is 33.8 Å². The molecule has 29 heavy (non-hydrogen) atoms. The number of benzene rings is 2. The summed E-state index contributed by atoms with van der Waals surface area (Å²) in [5.41, 5.74) is 0.732. The predicted octanol–water partition coefficient (Wildman–Crippen LogP) is 4.14. The van der Waals surface area contributed by atoms with Crippen molar-refractivity contribution in [2.75, 3.05) is 31.1 Å².